The predicted octanol–water partition coefficient (Wildman–Crippen LogP) is 13.9. The molecule has 304 valence electrons. The smallest absolute Gasteiger partial charge is 0.0501 e. The first-order chi connectivity index (χ1) is 31.1. The van der Waals surface area contributed by atoms with Gasteiger partial charge in [0.1, 0.15) is 0 Å². The lowest BCUT2D eigenvalue weighted by Crippen LogP contribution is -1.88. The molecule has 0 fully saturated rings. The molecule has 12 aromatic rings. The largest absolute Gasteiger partial charge is 0.344 e. The van der Waals surface area contributed by atoms with Crippen molar-refractivity contribution in [2.75, 3.05) is 0 Å². The van der Waals surface area contributed by atoms with Crippen molar-refractivity contribution in [1.82, 2.24) is 18.3 Å². The highest BCUT2D eigenvalue weighted by Crippen LogP contribution is 2.39. The van der Waals surface area contributed by atoms with E-state index >= 15 is 0 Å². The Labute approximate surface area is 371 Å². The summed E-state index contributed by atoms with van der Waals surface area (Å²) in [7, 11) is 8.71. The molecule has 4 heterocycles. The molecule has 0 saturated carbocycles. The van der Waals surface area contributed by atoms with Gasteiger partial charge >= 0.3 is 0 Å². The summed E-state index contributed by atoms with van der Waals surface area (Å²) in [5.41, 5.74) is 18.7. The Balaban J connectivity index is 0.855. The highest BCUT2D eigenvalue weighted by Gasteiger charge is 2.17. The first kappa shape index (κ1) is 37.6. The van der Waals surface area contributed by atoms with Gasteiger partial charge in [-0.15, -0.1) is 0 Å². The number of fused-ring (bicyclic) bond motifs is 12. The number of nitrogens with zero attached hydrogens (tertiary/aromatic N) is 4. The molecule has 0 amide bonds. The fraction of sp³-hybridized carbons (Fsp3) is 0.100. The second kappa shape index (κ2) is 14.2. The molecular weight excluding hydrogens is 777 g/mol. The van der Waals surface area contributed by atoms with Crippen molar-refractivity contribution in [3.8, 4) is 23.7 Å². The minimum atomic E-state index is 1.02. The molecule has 0 unspecified atom stereocenters. The van der Waals surface area contributed by atoms with Gasteiger partial charge in [-0.05, 0) is 110 Å². The Morgan fingerprint density at radius 1 is 0.281 bits per heavy atom. The molecule has 0 saturated heterocycles. The number of aryl methyl sites for hydroxylation is 6. The van der Waals surface area contributed by atoms with Crippen LogP contribution in [0.5, 0.6) is 0 Å². The van der Waals surface area contributed by atoms with Gasteiger partial charge in [-0.1, -0.05) is 108 Å². The van der Waals surface area contributed by atoms with Gasteiger partial charge in [-0.25, -0.2) is 0 Å². The maximum Gasteiger partial charge on any atom is 0.0501 e. The van der Waals surface area contributed by atoms with Crippen LogP contribution >= 0.6 is 0 Å². The number of hydrogen-bond donors (Lipinski definition) is 0. The third kappa shape index (κ3) is 5.95. The van der Waals surface area contributed by atoms with Gasteiger partial charge in [0.05, 0.1) is 11.0 Å². The summed E-state index contributed by atoms with van der Waals surface area (Å²) in [5, 5.41) is 10.1. The number of hydrogen-bond acceptors (Lipinski definition) is 0. The van der Waals surface area contributed by atoms with E-state index < -0.39 is 0 Å². The molecule has 0 bridgehead atoms. The van der Waals surface area contributed by atoms with E-state index in [-0.39, 0.29) is 0 Å². The summed E-state index contributed by atoms with van der Waals surface area (Å²) in [6, 6.07) is 53.1. The van der Waals surface area contributed by atoms with Crippen molar-refractivity contribution >= 4 is 99.4 Å². The molecule has 4 heteroatoms. The Kier molecular flexibility index (Phi) is 8.32. The van der Waals surface area contributed by atoms with Gasteiger partial charge in [-0.3, -0.25) is 0 Å². The summed E-state index contributed by atoms with van der Waals surface area (Å²) in [6.07, 6.45) is 4.48. The minimum absolute atomic E-state index is 1.02. The summed E-state index contributed by atoms with van der Waals surface area (Å²) < 4.78 is 9.31. The lowest BCUT2D eigenvalue weighted by molar-refractivity contribution is 1.01. The fourth-order valence-corrected chi connectivity index (χ4v) is 9.95. The fourth-order valence-electron chi connectivity index (χ4n) is 9.95. The van der Waals surface area contributed by atoms with Crippen molar-refractivity contribution in [3.63, 3.8) is 0 Å². The van der Waals surface area contributed by atoms with E-state index in [4.69, 9.17) is 0 Å². The van der Waals surface area contributed by atoms with Crippen LogP contribution in [0.1, 0.15) is 44.5 Å². The Bertz CT molecular complexity index is 3850. The molecular formula is C60H44N4. The molecule has 4 aromatic heterocycles. The molecule has 0 spiro atoms. The van der Waals surface area contributed by atoms with Gasteiger partial charge in [0.15, 0.2) is 0 Å². The number of aromatic nitrogens is 4. The van der Waals surface area contributed by atoms with Crippen LogP contribution in [0.4, 0.5) is 0 Å². The highest BCUT2D eigenvalue weighted by atomic mass is 15.0. The van der Waals surface area contributed by atoms with Crippen LogP contribution in [0.3, 0.4) is 0 Å². The van der Waals surface area contributed by atoms with Crippen molar-refractivity contribution in [2.45, 2.75) is 13.8 Å². The number of rotatable bonds is 2. The third-order valence-electron chi connectivity index (χ3n) is 13.6. The summed E-state index contributed by atoms with van der Waals surface area (Å²) in [6.45, 7) is 4.20. The van der Waals surface area contributed by atoms with Crippen LogP contribution in [0.25, 0.3) is 99.4 Å². The SMILES string of the molecule is Cc1ccc(C#Cc2ccc3c4cc5c(cc4n(C)c3c2)c2ccc(C=Cc3ccc4c6cc7c(cc6n(C)c4c3)c3ccc(C#Cc4ccc(C)cc4)cc3n7C)cc2n5C)cc1. The molecule has 0 atom stereocenters. The van der Waals surface area contributed by atoms with Crippen LogP contribution in [-0.4, -0.2) is 18.3 Å². The second-order valence-electron chi connectivity index (χ2n) is 17.6. The maximum absolute atomic E-state index is 3.39. The molecule has 0 radical (unpaired) electrons. The predicted molar refractivity (Wildman–Crippen MR) is 272 cm³/mol. The molecule has 0 aliphatic heterocycles. The van der Waals surface area contributed by atoms with E-state index in [0.717, 1.165) is 22.3 Å². The van der Waals surface area contributed by atoms with Gasteiger partial charge in [0.25, 0.3) is 0 Å². The molecule has 0 aliphatic rings. The topological polar surface area (TPSA) is 19.7 Å². The Morgan fingerprint density at radius 3 is 0.891 bits per heavy atom. The van der Waals surface area contributed by atoms with Crippen LogP contribution < -0.4 is 0 Å². The van der Waals surface area contributed by atoms with Crippen molar-refractivity contribution < 1.29 is 0 Å². The average Bonchev–Trinajstić information content (AvgIpc) is 3.96. The minimum Gasteiger partial charge on any atom is -0.344 e. The second-order valence-corrected chi connectivity index (χ2v) is 17.6. The summed E-state index contributed by atoms with van der Waals surface area (Å²) >= 11 is 0. The zero-order valence-corrected chi connectivity index (χ0v) is 36.8. The summed E-state index contributed by atoms with van der Waals surface area (Å²) in [4.78, 5) is 0. The molecule has 64 heavy (non-hydrogen) atoms. The van der Waals surface area contributed by atoms with Crippen molar-refractivity contribution in [3.05, 3.63) is 190 Å². The standard InChI is InChI=1S/C60H44N4/c1-37-7-11-39(12-8-37)15-17-41-21-25-45-49-33-59-51(35-57(49)61(3)53(45)29-41)47-27-23-43(31-55(47)63(59)5)19-20-44-24-28-48-52-36-58-50(34-60(52)64(6)56(48)32-44)46-26-22-42(30-54(46)62(58)4)18-16-40-13-9-38(2)10-14-40/h7-14,19-36H,1-6H3. The first-order valence-electron chi connectivity index (χ1n) is 21.9. The van der Waals surface area contributed by atoms with Crippen molar-refractivity contribution in [2.24, 2.45) is 28.2 Å². The molecule has 8 aromatic carbocycles. The van der Waals surface area contributed by atoms with Gasteiger partial charge in [0.2, 0.25) is 0 Å². The van der Waals surface area contributed by atoms with Crippen LogP contribution in [0.15, 0.2) is 146 Å². The maximum atomic E-state index is 3.39. The monoisotopic (exact) mass is 820 g/mol. The van der Waals surface area contributed by atoms with E-state index in [2.05, 4.69) is 242 Å². The van der Waals surface area contributed by atoms with E-state index in [1.165, 1.54) is 109 Å². The van der Waals surface area contributed by atoms with Crippen LogP contribution in [0.2, 0.25) is 0 Å². The average molecular weight is 821 g/mol. The lowest BCUT2D eigenvalue weighted by atomic mass is 10.1. The van der Waals surface area contributed by atoms with E-state index in [0.29, 0.717) is 0 Å². The molecule has 4 nitrogen and oxygen atoms in total. The third-order valence-corrected chi connectivity index (χ3v) is 13.6. The normalized spacial score (nSPS) is 11.9. The zero-order valence-electron chi connectivity index (χ0n) is 36.8. The zero-order chi connectivity index (χ0) is 43.4. The van der Waals surface area contributed by atoms with E-state index in [1.807, 2.05) is 0 Å². The molecule has 0 aliphatic carbocycles. The Morgan fingerprint density at radius 2 is 0.547 bits per heavy atom. The number of benzene rings is 8. The van der Waals surface area contributed by atoms with E-state index in [9.17, 15) is 0 Å². The van der Waals surface area contributed by atoms with Gasteiger partial charge in [-0.2, -0.15) is 0 Å². The molecule has 12 rings (SSSR count). The Hall–Kier alpha value is -8.18. The van der Waals surface area contributed by atoms with Crippen molar-refractivity contribution in [1.29, 1.82) is 0 Å². The van der Waals surface area contributed by atoms with Gasteiger partial charge < -0.3 is 18.3 Å². The highest BCUT2D eigenvalue weighted by molar-refractivity contribution is 6.19. The first-order valence-corrected chi connectivity index (χ1v) is 21.9. The summed E-state index contributed by atoms with van der Waals surface area (Å²) in [5.74, 6) is 13.5. The van der Waals surface area contributed by atoms with E-state index in [1.54, 1.807) is 0 Å². The quantitative estimate of drug-likeness (QED) is 0.122. The van der Waals surface area contributed by atoms with Crippen LogP contribution in [0, 0.1) is 37.5 Å². The van der Waals surface area contributed by atoms with Gasteiger partial charge in [0, 0.05) is 127 Å². The molecule has 0 N–H and O–H groups in total. The lowest BCUT2D eigenvalue weighted by Gasteiger charge is -2.01. The van der Waals surface area contributed by atoms with Crippen LogP contribution in [-0.2, 0) is 28.2 Å².